The third-order valence-corrected chi connectivity index (χ3v) is 3.80. The standard InChI is InChI=1S/C9H7NO2S2/c11-8(12)5-13-9-6-3-1-2-4-7(6)10-14-9/h1-4H,5H2,(H,11,12). The Bertz CT molecular complexity index is 467. The molecule has 0 bridgehead atoms. The summed E-state index contributed by atoms with van der Waals surface area (Å²) in [5.41, 5.74) is 0.936. The monoisotopic (exact) mass is 225 g/mol. The molecule has 0 aliphatic carbocycles. The molecule has 0 aliphatic rings. The van der Waals surface area contributed by atoms with Crippen LogP contribution in [0.5, 0.6) is 0 Å². The van der Waals surface area contributed by atoms with Crippen LogP contribution in [-0.4, -0.2) is 21.2 Å². The van der Waals surface area contributed by atoms with Crippen LogP contribution in [0.1, 0.15) is 0 Å². The molecule has 0 amide bonds. The van der Waals surface area contributed by atoms with Gasteiger partial charge in [0.05, 0.1) is 15.5 Å². The van der Waals surface area contributed by atoms with Crippen molar-refractivity contribution in [3.8, 4) is 0 Å². The number of benzene rings is 1. The molecule has 0 aliphatic heterocycles. The molecule has 5 heteroatoms. The van der Waals surface area contributed by atoms with E-state index in [2.05, 4.69) is 4.37 Å². The van der Waals surface area contributed by atoms with E-state index in [0.29, 0.717) is 0 Å². The van der Waals surface area contributed by atoms with Gasteiger partial charge in [-0.3, -0.25) is 4.79 Å². The predicted octanol–water partition coefficient (Wildman–Crippen LogP) is 2.47. The molecule has 72 valence electrons. The van der Waals surface area contributed by atoms with Gasteiger partial charge in [0, 0.05) is 5.39 Å². The second-order valence-corrected chi connectivity index (χ2v) is 4.69. The maximum Gasteiger partial charge on any atom is 0.313 e. The molecule has 2 aromatic rings. The normalized spacial score (nSPS) is 10.6. The maximum atomic E-state index is 10.4. The van der Waals surface area contributed by atoms with Crippen molar-refractivity contribution in [2.75, 3.05) is 5.75 Å². The molecule has 0 spiro atoms. The molecule has 1 heterocycles. The van der Waals surface area contributed by atoms with Gasteiger partial charge in [-0.15, -0.1) is 11.8 Å². The van der Waals surface area contributed by atoms with E-state index in [4.69, 9.17) is 5.11 Å². The highest BCUT2D eigenvalue weighted by Crippen LogP contribution is 2.31. The predicted molar refractivity (Wildman–Crippen MR) is 58.0 cm³/mol. The van der Waals surface area contributed by atoms with Gasteiger partial charge in [-0.25, -0.2) is 0 Å². The highest BCUT2D eigenvalue weighted by molar-refractivity contribution is 8.01. The maximum absolute atomic E-state index is 10.4. The quantitative estimate of drug-likeness (QED) is 0.815. The van der Waals surface area contributed by atoms with E-state index in [1.54, 1.807) is 0 Å². The number of aromatic nitrogens is 1. The first kappa shape index (κ1) is 9.48. The van der Waals surface area contributed by atoms with E-state index in [1.165, 1.54) is 23.3 Å². The van der Waals surface area contributed by atoms with Crippen LogP contribution in [0.2, 0.25) is 0 Å². The molecule has 14 heavy (non-hydrogen) atoms. The first-order valence-electron chi connectivity index (χ1n) is 3.96. The van der Waals surface area contributed by atoms with Crippen molar-refractivity contribution in [2.24, 2.45) is 0 Å². The van der Waals surface area contributed by atoms with Crippen molar-refractivity contribution in [3.63, 3.8) is 0 Å². The lowest BCUT2D eigenvalue weighted by Crippen LogP contribution is -1.96. The minimum atomic E-state index is -0.799. The Hall–Kier alpha value is -1.07. The van der Waals surface area contributed by atoms with E-state index in [-0.39, 0.29) is 5.75 Å². The first-order chi connectivity index (χ1) is 6.77. The van der Waals surface area contributed by atoms with E-state index in [1.807, 2.05) is 24.3 Å². The smallest absolute Gasteiger partial charge is 0.313 e. The number of thioether (sulfide) groups is 1. The molecule has 3 nitrogen and oxygen atoms in total. The highest BCUT2D eigenvalue weighted by Gasteiger charge is 2.07. The van der Waals surface area contributed by atoms with Crippen molar-refractivity contribution in [1.82, 2.24) is 4.37 Å². The van der Waals surface area contributed by atoms with Gasteiger partial charge >= 0.3 is 5.97 Å². The van der Waals surface area contributed by atoms with Crippen LogP contribution < -0.4 is 0 Å². The van der Waals surface area contributed by atoms with E-state index < -0.39 is 5.97 Å². The minimum Gasteiger partial charge on any atom is -0.481 e. The van der Waals surface area contributed by atoms with Crippen LogP contribution >= 0.6 is 23.3 Å². The molecule has 1 aromatic heterocycles. The Kier molecular flexibility index (Phi) is 2.69. The fourth-order valence-corrected chi connectivity index (χ4v) is 2.79. The Labute approximate surface area is 88.9 Å². The average Bonchev–Trinajstić information content (AvgIpc) is 2.58. The zero-order valence-corrected chi connectivity index (χ0v) is 8.77. The van der Waals surface area contributed by atoms with Crippen molar-refractivity contribution >= 4 is 40.2 Å². The first-order valence-corrected chi connectivity index (χ1v) is 5.72. The summed E-state index contributed by atoms with van der Waals surface area (Å²) < 4.78 is 5.20. The summed E-state index contributed by atoms with van der Waals surface area (Å²) in [5.74, 6) is -0.709. The Morgan fingerprint density at radius 2 is 2.29 bits per heavy atom. The van der Waals surface area contributed by atoms with Gasteiger partial charge in [-0.05, 0) is 17.6 Å². The summed E-state index contributed by atoms with van der Waals surface area (Å²) >= 11 is 2.68. The second kappa shape index (κ2) is 3.98. The van der Waals surface area contributed by atoms with E-state index >= 15 is 0 Å². The molecular formula is C9H7NO2S2. The van der Waals surface area contributed by atoms with Crippen LogP contribution in [0.4, 0.5) is 0 Å². The minimum absolute atomic E-state index is 0.0895. The summed E-state index contributed by atoms with van der Waals surface area (Å²) in [6, 6.07) is 7.74. The number of fused-ring (bicyclic) bond motifs is 1. The number of carbonyl (C=O) groups is 1. The molecule has 0 saturated carbocycles. The highest BCUT2D eigenvalue weighted by atomic mass is 32.2. The Morgan fingerprint density at radius 3 is 3.07 bits per heavy atom. The third-order valence-electron chi connectivity index (χ3n) is 1.68. The van der Waals surface area contributed by atoms with Crippen molar-refractivity contribution < 1.29 is 9.90 Å². The van der Waals surface area contributed by atoms with Gasteiger partial charge < -0.3 is 5.11 Å². The van der Waals surface area contributed by atoms with Crippen LogP contribution in [0, 0.1) is 0 Å². The number of rotatable bonds is 3. The molecule has 0 fully saturated rings. The number of hydrogen-bond donors (Lipinski definition) is 1. The summed E-state index contributed by atoms with van der Waals surface area (Å²) in [4.78, 5) is 10.4. The van der Waals surface area contributed by atoms with Crippen LogP contribution in [-0.2, 0) is 4.79 Å². The zero-order chi connectivity index (χ0) is 9.97. The fourth-order valence-electron chi connectivity index (χ4n) is 1.10. The van der Waals surface area contributed by atoms with Crippen LogP contribution in [0.25, 0.3) is 10.9 Å². The van der Waals surface area contributed by atoms with Gasteiger partial charge in [0.1, 0.15) is 0 Å². The van der Waals surface area contributed by atoms with Gasteiger partial charge in [-0.2, -0.15) is 4.37 Å². The lowest BCUT2D eigenvalue weighted by molar-refractivity contribution is -0.133. The summed E-state index contributed by atoms with van der Waals surface area (Å²) in [6.45, 7) is 0. The molecule has 0 radical (unpaired) electrons. The largest absolute Gasteiger partial charge is 0.481 e. The number of aliphatic carboxylic acids is 1. The second-order valence-electron chi connectivity index (χ2n) is 2.67. The summed E-state index contributed by atoms with van der Waals surface area (Å²) in [7, 11) is 0. The van der Waals surface area contributed by atoms with Crippen molar-refractivity contribution in [3.05, 3.63) is 24.3 Å². The number of hydrogen-bond acceptors (Lipinski definition) is 4. The Morgan fingerprint density at radius 1 is 1.50 bits per heavy atom. The third kappa shape index (κ3) is 1.88. The van der Waals surface area contributed by atoms with Gasteiger partial charge in [0.15, 0.2) is 0 Å². The van der Waals surface area contributed by atoms with Crippen LogP contribution in [0.3, 0.4) is 0 Å². The molecule has 2 rings (SSSR count). The summed E-state index contributed by atoms with van der Waals surface area (Å²) in [6.07, 6.45) is 0. The fraction of sp³-hybridized carbons (Fsp3) is 0.111. The number of nitrogens with zero attached hydrogens (tertiary/aromatic N) is 1. The molecule has 1 aromatic carbocycles. The topological polar surface area (TPSA) is 50.2 Å². The van der Waals surface area contributed by atoms with Gasteiger partial charge in [-0.1, -0.05) is 18.2 Å². The number of carboxylic acid groups (broad SMARTS) is 1. The lowest BCUT2D eigenvalue weighted by Gasteiger charge is -1.93. The lowest BCUT2D eigenvalue weighted by atomic mass is 10.3. The van der Waals surface area contributed by atoms with E-state index in [9.17, 15) is 4.79 Å². The van der Waals surface area contributed by atoms with Crippen molar-refractivity contribution in [2.45, 2.75) is 4.21 Å². The molecule has 1 N–H and O–H groups in total. The molecular weight excluding hydrogens is 218 g/mol. The average molecular weight is 225 g/mol. The molecule has 0 atom stereocenters. The Balaban J connectivity index is 2.29. The molecule has 0 unspecified atom stereocenters. The summed E-state index contributed by atoms with van der Waals surface area (Å²) in [5, 5.41) is 9.59. The van der Waals surface area contributed by atoms with Gasteiger partial charge in [0.25, 0.3) is 0 Å². The zero-order valence-electron chi connectivity index (χ0n) is 7.14. The van der Waals surface area contributed by atoms with E-state index in [0.717, 1.165) is 15.1 Å². The number of carboxylic acids is 1. The van der Waals surface area contributed by atoms with Crippen molar-refractivity contribution in [1.29, 1.82) is 0 Å². The van der Waals surface area contributed by atoms with Crippen LogP contribution in [0.15, 0.2) is 28.5 Å². The molecule has 0 saturated heterocycles. The SMILES string of the molecule is O=C(O)CSc1snc2ccccc12. The van der Waals surface area contributed by atoms with Gasteiger partial charge in [0.2, 0.25) is 0 Å².